The van der Waals surface area contributed by atoms with Crippen LogP contribution < -0.4 is 0 Å². The second-order valence-electron chi connectivity index (χ2n) is 4.75. The summed E-state index contributed by atoms with van der Waals surface area (Å²) in [6.45, 7) is 2.38. The van der Waals surface area contributed by atoms with Crippen molar-refractivity contribution in [3.63, 3.8) is 0 Å². The summed E-state index contributed by atoms with van der Waals surface area (Å²) in [6.07, 6.45) is 10.5. The van der Waals surface area contributed by atoms with Crippen LogP contribution in [0.2, 0.25) is 0 Å². The van der Waals surface area contributed by atoms with Crippen molar-refractivity contribution in [2.24, 2.45) is 11.8 Å². The Hall–Kier alpha value is 0.0300. The van der Waals surface area contributed by atoms with E-state index in [0.29, 0.717) is 5.38 Å². The van der Waals surface area contributed by atoms with E-state index in [4.69, 9.17) is 11.6 Å². The molecule has 0 N–H and O–H groups in total. The van der Waals surface area contributed by atoms with Gasteiger partial charge in [0, 0.05) is 0 Å². The summed E-state index contributed by atoms with van der Waals surface area (Å²) < 4.78 is 0. The molecule has 1 heteroatoms. The van der Waals surface area contributed by atoms with Gasteiger partial charge < -0.3 is 0 Å². The zero-order chi connectivity index (χ0) is 9.26. The molecule has 0 aromatic carbocycles. The predicted octanol–water partition coefficient (Wildman–Crippen LogP) is 4.14. The van der Waals surface area contributed by atoms with Crippen molar-refractivity contribution in [2.75, 3.05) is 0 Å². The highest BCUT2D eigenvalue weighted by atomic mass is 35.5. The van der Waals surface area contributed by atoms with Crippen molar-refractivity contribution in [3.8, 4) is 0 Å². The standard InChI is InChI=1S/C12H19Cl/c1-9-2-4-10(5-3-9)11-6-7-12(13)8-11/h8-10,12H,2-7H2,1H3. The maximum absolute atomic E-state index is 6.08. The SMILES string of the molecule is CC1CCC(C2=CC(Cl)CC2)CC1. The highest BCUT2D eigenvalue weighted by Gasteiger charge is 2.24. The highest BCUT2D eigenvalue weighted by Crippen LogP contribution is 2.38. The van der Waals surface area contributed by atoms with Crippen molar-refractivity contribution in [2.45, 2.75) is 50.8 Å². The van der Waals surface area contributed by atoms with E-state index in [-0.39, 0.29) is 0 Å². The van der Waals surface area contributed by atoms with E-state index in [9.17, 15) is 0 Å². The zero-order valence-electron chi connectivity index (χ0n) is 8.43. The van der Waals surface area contributed by atoms with Gasteiger partial charge in [0.05, 0.1) is 5.38 Å². The Morgan fingerprint density at radius 3 is 2.38 bits per heavy atom. The minimum absolute atomic E-state index is 0.342. The molecule has 1 unspecified atom stereocenters. The van der Waals surface area contributed by atoms with Crippen LogP contribution in [0.25, 0.3) is 0 Å². The van der Waals surface area contributed by atoms with Crippen molar-refractivity contribution in [1.29, 1.82) is 0 Å². The zero-order valence-corrected chi connectivity index (χ0v) is 9.19. The fourth-order valence-corrected chi connectivity index (χ4v) is 2.95. The van der Waals surface area contributed by atoms with Gasteiger partial charge in [-0.25, -0.2) is 0 Å². The third kappa shape index (κ3) is 2.28. The summed E-state index contributed by atoms with van der Waals surface area (Å²) in [4.78, 5) is 0. The van der Waals surface area contributed by atoms with Crippen LogP contribution in [0.15, 0.2) is 11.6 Å². The lowest BCUT2D eigenvalue weighted by Crippen LogP contribution is -2.13. The minimum atomic E-state index is 0.342. The van der Waals surface area contributed by atoms with Gasteiger partial charge in [-0.15, -0.1) is 11.6 Å². The number of allylic oxidation sites excluding steroid dienone is 2. The average Bonchev–Trinajstić information content (AvgIpc) is 2.53. The first kappa shape index (κ1) is 9.58. The van der Waals surface area contributed by atoms with Crippen LogP contribution in [0.5, 0.6) is 0 Å². The maximum atomic E-state index is 6.08. The molecule has 0 radical (unpaired) electrons. The van der Waals surface area contributed by atoms with Gasteiger partial charge in [0.15, 0.2) is 0 Å². The lowest BCUT2D eigenvalue weighted by atomic mass is 9.79. The molecule has 13 heavy (non-hydrogen) atoms. The third-order valence-electron chi connectivity index (χ3n) is 3.64. The van der Waals surface area contributed by atoms with E-state index in [1.807, 2.05) is 0 Å². The molecule has 2 aliphatic carbocycles. The van der Waals surface area contributed by atoms with Gasteiger partial charge in [0.2, 0.25) is 0 Å². The van der Waals surface area contributed by atoms with Gasteiger partial charge in [-0.1, -0.05) is 31.4 Å². The van der Waals surface area contributed by atoms with Gasteiger partial charge in [-0.2, -0.15) is 0 Å². The Morgan fingerprint density at radius 2 is 1.85 bits per heavy atom. The number of hydrogen-bond donors (Lipinski definition) is 0. The first-order chi connectivity index (χ1) is 6.25. The smallest absolute Gasteiger partial charge is 0.0521 e. The fraction of sp³-hybridized carbons (Fsp3) is 0.833. The fourth-order valence-electron chi connectivity index (χ4n) is 2.67. The molecule has 0 bridgehead atoms. The number of halogens is 1. The molecule has 2 rings (SSSR count). The van der Waals surface area contributed by atoms with Gasteiger partial charge in [-0.3, -0.25) is 0 Å². The summed E-state index contributed by atoms with van der Waals surface area (Å²) in [5, 5.41) is 0.342. The Morgan fingerprint density at radius 1 is 1.15 bits per heavy atom. The minimum Gasteiger partial charge on any atom is -0.118 e. The van der Waals surface area contributed by atoms with E-state index in [1.54, 1.807) is 5.57 Å². The van der Waals surface area contributed by atoms with Crippen molar-refractivity contribution < 1.29 is 0 Å². The first-order valence-corrected chi connectivity index (χ1v) is 6.04. The molecule has 0 amide bonds. The summed E-state index contributed by atoms with van der Waals surface area (Å²) in [6, 6.07) is 0. The molecule has 0 aromatic rings. The molecular weight excluding hydrogens is 180 g/mol. The predicted molar refractivity (Wildman–Crippen MR) is 58.1 cm³/mol. The molecular formula is C12H19Cl. The summed E-state index contributed by atoms with van der Waals surface area (Å²) in [5.41, 5.74) is 1.67. The molecule has 0 saturated heterocycles. The lowest BCUT2D eigenvalue weighted by molar-refractivity contribution is 0.317. The largest absolute Gasteiger partial charge is 0.118 e. The van der Waals surface area contributed by atoms with E-state index >= 15 is 0 Å². The number of hydrogen-bond acceptors (Lipinski definition) is 0. The molecule has 0 nitrogen and oxygen atoms in total. The van der Waals surface area contributed by atoms with Crippen molar-refractivity contribution in [3.05, 3.63) is 11.6 Å². The van der Waals surface area contributed by atoms with Crippen LogP contribution in [-0.2, 0) is 0 Å². The van der Waals surface area contributed by atoms with Crippen LogP contribution in [-0.4, -0.2) is 5.38 Å². The molecule has 1 fully saturated rings. The molecule has 0 aromatic heterocycles. The van der Waals surface area contributed by atoms with Crippen molar-refractivity contribution in [1.82, 2.24) is 0 Å². The highest BCUT2D eigenvalue weighted by molar-refractivity contribution is 6.22. The Balaban J connectivity index is 1.91. The normalized spacial score (nSPS) is 40.5. The Kier molecular flexibility index (Phi) is 2.98. The van der Waals surface area contributed by atoms with E-state index in [1.165, 1.54) is 38.5 Å². The first-order valence-electron chi connectivity index (χ1n) is 5.60. The van der Waals surface area contributed by atoms with Crippen LogP contribution in [0.4, 0.5) is 0 Å². The van der Waals surface area contributed by atoms with Gasteiger partial charge >= 0.3 is 0 Å². The molecule has 1 atom stereocenters. The second kappa shape index (κ2) is 4.04. The molecule has 2 aliphatic rings. The van der Waals surface area contributed by atoms with Crippen molar-refractivity contribution >= 4 is 11.6 Å². The maximum Gasteiger partial charge on any atom is 0.0521 e. The Bertz CT molecular complexity index is 199. The van der Waals surface area contributed by atoms with Crippen LogP contribution in [0.3, 0.4) is 0 Å². The van der Waals surface area contributed by atoms with Gasteiger partial charge in [-0.05, 0) is 37.5 Å². The second-order valence-corrected chi connectivity index (χ2v) is 5.31. The third-order valence-corrected chi connectivity index (χ3v) is 3.99. The van der Waals surface area contributed by atoms with Gasteiger partial charge in [0.25, 0.3) is 0 Å². The molecule has 0 spiro atoms. The summed E-state index contributed by atoms with van der Waals surface area (Å²) >= 11 is 6.08. The molecule has 1 saturated carbocycles. The van der Waals surface area contributed by atoms with Crippen LogP contribution in [0.1, 0.15) is 45.4 Å². The molecule has 74 valence electrons. The van der Waals surface area contributed by atoms with E-state index < -0.39 is 0 Å². The van der Waals surface area contributed by atoms with Gasteiger partial charge in [0.1, 0.15) is 0 Å². The quantitative estimate of drug-likeness (QED) is 0.439. The number of rotatable bonds is 1. The Labute approximate surface area is 86.4 Å². The average molecular weight is 199 g/mol. The van der Waals surface area contributed by atoms with E-state index in [2.05, 4.69) is 13.0 Å². The van der Waals surface area contributed by atoms with Crippen LogP contribution >= 0.6 is 11.6 Å². The monoisotopic (exact) mass is 198 g/mol. The number of alkyl halides is 1. The molecule has 0 aliphatic heterocycles. The molecule has 0 heterocycles. The summed E-state index contributed by atoms with van der Waals surface area (Å²) in [5.74, 6) is 1.85. The topological polar surface area (TPSA) is 0 Å². The lowest BCUT2D eigenvalue weighted by Gasteiger charge is -2.27. The van der Waals surface area contributed by atoms with E-state index in [0.717, 1.165) is 11.8 Å². The van der Waals surface area contributed by atoms with Crippen LogP contribution in [0, 0.1) is 11.8 Å². The summed E-state index contributed by atoms with van der Waals surface area (Å²) in [7, 11) is 0.